The van der Waals surface area contributed by atoms with E-state index in [2.05, 4.69) is 19.9 Å². The molecule has 11 heavy (non-hydrogen) atoms. The van der Waals surface area contributed by atoms with Gasteiger partial charge in [0.15, 0.2) is 0 Å². The topological polar surface area (TPSA) is 20.2 Å². The van der Waals surface area contributed by atoms with E-state index < -0.39 is 0 Å². The van der Waals surface area contributed by atoms with Crippen LogP contribution < -0.4 is 0 Å². The molecule has 0 amide bonds. The molecule has 1 atom stereocenters. The first-order valence-electron chi connectivity index (χ1n) is 4.49. The molecule has 0 aliphatic heterocycles. The Morgan fingerprint density at radius 1 is 1.64 bits per heavy atom. The summed E-state index contributed by atoms with van der Waals surface area (Å²) in [6.07, 6.45) is 6.89. The number of allylic oxidation sites excluding steroid dienone is 2. The van der Waals surface area contributed by atoms with Crippen LogP contribution in [0.5, 0.6) is 0 Å². The Kier molecular flexibility index (Phi) is 2.72. The van der Waals surface area contributed by atoms with Crippen LogP contribution in [0.2, 0.25) is 0 Å². The molecular formula is C10H18O. The highest BCUT2D eigenvalue weighted by Crippen LogP contribution is 2.34. The van der Waals surface area contributed by atoms with E-state index in [0.29, 0.717) is 6.61 Å². The Morgan fingerprint density at radius 3 is 2.73 bits per heavy atom. The van der Waals surface area contributed by atoms with Gasteiger partial charge in [0.1, 0.15) is 0 Å². The van der Waals surface area contributed by atoms with E-state index in [1.54, 1.807) is 5.57 Å². The molecule has 1 aliphatic rings. The van der Waals surface area contributed by atoms with Crippen molar-refractivity contribution in [3.05, 3.63) is 11.6 Å². The van der Waals surface area contributed by atoms with Crippen LogP contribution in [0.1, 0.15) is 39.5 Å². The van der Waals surface area contributed by atoms with Crippen molar-refractivity contribution in [2.45, 2.75) is 39.5 Å². The lowest BCUT2D eigenvalue weighted by Gasteiger charge is -2.30. The van der Waals surface area contributed by atoms with Crippen LogP contribution in [0, 0.1) is 5.41 Å². The summed E-state index contributed by atoms with van der Waals surface area (Å²) in [5.41, 5.74) is 1.74. The van der Waals surface area contributed by atoms with Crippen molar-refractivity contribution in [3.8, 4) is 0 Å². The Morgan fingerprint density at radius 2 is 2.36 bits per heavy atom. The summed E-state index contributed by atoms with van der Waals surface area (Å²) in [4.78, 5) is 0. The van der Waals surface area contributed by atoms with Crippen molar-refractivity contribution in [2.24, 2.45) is 5.41 Å². The molecule has 0 heterocycles. The molecule has 64 valence electrons. The van der Waals surface area contributed by atoms with Gasteiger partial charge in [0, 0.05) is 6.61 Å². The Balaban J connectivity index is 2.53. The van der Waals surface area contributed by atoms with E-state index >= 15 is 0 Å². The van der Waals surface area contributed by atoms with E-state index in [1.807, 2.05) is 0 Å². The van der Waals surface area contributed by atoms with Crippen molar-refractivity contribution in [1.82, 2.24) is 0 Å². The molecule has 1 rings (SSSR count). The van der Waals surface area contributed by atoms with E-state index in [4.69, 9.17) is 5.11 Å². The molecule has 1 nitrogen and oxygen atoms in total. The van der Waals surface area contributed by atoms with E-state index in [9.17, 15) is 0 Å². The predicted octanol–water partition coefficient (Wildman–Crippen LogP) is 2.51. The lowest BCUT2D eigenvalue weighted by molar-refractivity contribution is 0.130. The maximum atomic E-state index is 9.08. The largest absolute Gasteiger partial charge is 0.396 e. The quantitative estimate of drug-likeness (QED) is 0.606. The molecular weight excluding hydrogens is 136 g/mol. The highest BCUT2D eigenvalue weighted by molar-refractivity contribution is 5.08. The molecule has 0 radical (unpaired) electrons. The van der Waals surface area contributed by atoms with Crippen molar-refractivity contribution in [1.29, 1.82) is 0 Å². The second-order valence-corrected chi connectivity index (χ2v) is 3.89. The van der Waals surface area contributed by atoms with E-state index in [-0.39, 0.29) is 5.41 Å². The van der Waals surface area contributed by atoms with Gasteiger partial charge in [-0.25, -0.2) is 0 Å². The van der Waals surface area contributed by atoms with E-state index in [1.165, 1.54) is 12.8 Å². The molecule has 0 saturated carbocycles. The van der Waals surface area contributed by atoms with Gasteiger partial charge in [0.25, 0.3) is 0 Å². The van der Waals surface area contributed by atoms with Gasteiger partial charge in [-0.3, -0.25) is 0 Å². The minimum absolute atomic E-state index is 0.179. The molecule has 0 bridgehead atoms. The third-order valence-electron chi connectivity index (χ3n) is 2.77. The van der Waals surface area contributed by atoms with Gasteiger partial charge < -0.3 is 5.11 Å². The van der Waals surface area contributed by atoms with Crippen molar-refractivity contribution >= 4 is 0 Å². The zero-order valence-corrected chi connectivity index (χ0v) is 7.56. The first-order valence-corrected chi connectivity index (χ1v) is 4.49. The summed E-state index contributed by atoms with van der Waals surface area (Å²) in [6, 6.07) is 0. The lowest BCUT2D eigenvalue weighted by Crippen LogP contribution is -2.23. The maximum Gasteiger partial charge on any atom is 0.0487 e. The fraction of sp³-hybridized carbons (Fsp3) is 0.800. The van der Waals surface area contributed by atoms with Crippen LogP contribution in [0.25, 0.3) is 0 Å². The molecule has 1 unspecified atom stereocenters. The van der Waals surface area contributed by atoms with Gasteiger partial charge in [-0.15, -0.1) is 0 Å². The predicted molar refractivity (Wildman–Crippen MR) is 47.4 cm³/mol. The Hall–Kier alpha value is -0.300. The first kappa shape index (κ1) is 8.79. The van der Waals surface area contributed by atoms with E-state index in [0.717, 1.165) is 12.8 Å². The molecule has 1 N–H and O–H groups in total. The number of aliphatic hydroxyl groups excluding tert-OH is 1. The fourth-order valence-electron chi connectivity index (χ4n) is 1.52. The second-order valence-electron chi connectivity index (χ2n) is 3.89. The fourth-order valence-corrected chi connectivity index (χ4v) is 1.52. The van der Waals surface area contributed by atoms with Crippen molar-refractivity contribution in [3.63, 3.8) is 0 Å². The second kappa shape index (κ2) is 3.40. The highest BCUT2D eigenvalue weighted by atomic mass is 16.3. The monoisotopic (exact) mass is 154 g/mol. The lowest BCUT2D eigenvalue weighted by atomic mass is 9.77. The third kappa shape index (κ3) is 2.06. The van der Waals surface area contributed by atoms with Gasteiger partial charge in [-0.05, 0) is 31.1 Å². The number of hydrogen-bond acceptors (Lipinski definition) is 1. The van der Waals surface area contributed by atoms with Crippen LogP contribution in [-0.4, -0.2) is 11.7 Å². The smallest absolute Gasteiger partial charge is 0.0487 e. The summed E-state index contributed by atoms with van der Waals surface area (Å²) in [5, 5.41) is 9.08. The minimum atomic E-state index is 0.179. The molecule has 1 aliphatic carbocycles. The molecule has 0 spiro atoms. The summed E-state index contributed by atoms with van der Waals surface area (Å²) >= 11 is 0. The number of rotatable bonds is 2. The van der Waals surface area contributed by atoms with Gasteiger partial charge in [-0.2, -0.15) is 0 Å². The molecule has 0 aromatic rings. The minimum Gasteiger partial charge on any atom is -0.396 e. The van der Waals surface area contributed by atoms with Gasteiger partial charge in [-0.1, -0.05) is 25.5 Å². The summed E-state index contributed by atoms with van der Waals surface area (Å²) < 4.78 is 0. The zero-order chi connectivity index (χ0) is 8.32. The van der Waals surface area contributed by atoms with Gasteiger partial charge in [0.05, 0.1) is 0 Å². The SMILES string of the molecule is CCC1=CCC(C)(CO)CC1. The van der Waals surface area contributed by atoms with Crippen LogP contribution in [0.3, 0.4) is 0 Å². The van der Waals surface area contributed by atoms with Gasteiger partial charge >= 0.3 is 0 Å². The van der Waals surface area contributed by atoms with Crippen LogP contribution >= 0.6 is 0 Å². The number of hydrogen-bond donors (Lipinski definition) is 1. The molecule has 0 aromatic carbocycles. The normalized spacial score (nSPS) is 31.7. The van der Waals surface area contributed by atoms with Crippen molar-refractivity contribution in [2.75, 3.05) is 6.61 Å². The first-order chi connectivity index (χ1) is 5.20. The average molecular weight is 154 g/mol. The van der Waals surface area contributed by atoms with Crippen LogP contribution in [0.4, 0.5) is 0 Å². The summed E-state index contributed by atoms with van der Waals surface area (Å²) in [6.45, 7) is 4.70. The summed E-state index contributed by atoms with van der Waals surface area (Å²) in [7, 11) is 0. The Labute approximate surface area is 69.1 Å². The molecule has 0 saturated heterocycles. The van der Waals surface area contributed by atoms with Gasteiger partial charge in [0.2, 0.25) is 0 Å². The van der Waals surface area contributed by atoms with Crippen LogP contribution in [-0.2, 0) is 0 Å². The standard InChI is InChI=1S/C10H18O/c1-3-9-4-6-10(2,8-11)7-5-9/h4,11H,3,5-8H2,1-2H3. The van der Waals surface area contributed by atoms with Crippen molar-refractivity contribution < 1.29 is 5.11 Å². The number of aliphatic hydroxyl groups is 1. The van der Waals surface area contributed by atoms with Crippen LogP contribution in [0.15, 0.2) is 11.6 Å². The Bertz CT molecular complexity index is 160. The highest BCUT2D eigenvalue weighted by Gasteiger charge is 2.25. The molecule has 0 aromatic heterocycles. The summed E-state index contributed by atoms with van der Waals surface area (Å²) in [5.74, 6) is 0. The zero-order valence-electron chi connectivity index (χ0n) is 7.56. The maximum absolute atomic E-state index is 9.08. The molecule has 0 fully saturated rings. The average Bonchev–Trinajstić information content (AvgIpc) is 2.06. The molecule has 1 heteroatoms. The third-order valence-corrected chi connectivity index (χ3v) is 2.77.